The Kier molecular flexibility index (Phi) is 4.32. The van der Waals surface area contributed by atoms with Gasteiger partial charge in [-0.15, -0.1) is 0 Å². The van der Waals surface area contributed by atoms with Crippen LogP contribution < -0.4 is 0 Å². The first-order valence-electron chi connectivity index (χ1n) is 7.02. The molecule has 0 saturated heterocycles. The van der Waals surface area contributed by atoms with Crippen molar-refractivity contribution >= 4 is 17.4 Å². The molecule has 3 heteroatoms. The van der Waals surface area contributed by atoms with Gasteiger partial charge in [-0.25, -0.2) is 4.99 Å². The Labute approximate surface area is 125 Å². The molecule has 0 aromatic heterocycles. The monoisotopic (exact) mass is 281 g/mol. The summed E-state index contributed by atoms with van der Waals surface area (Å²) in [6.45, 7) is 7.65. The normalized spacial score (nSPS) is 17.0. The lowest BCUT2D eigenvalue weighted by Crippen LogP contribution is -2.16. The number of carbonyl (C=O) groups is 2. The average Bonchev–Trinajstić information content (AvgIpc) is 2.41. The zero-order valence-corrected chi connectivity index (χ0v) is 12.8. The largest absolute Gasteiger partial charge is 0.290 e. The van der Waals surface area contributed by atoms with Crippen LogP contribution in [0.3, 0.4) is 0 Å². The second-order valence-corrected chi connectivity index (χ2v) is 5.62. The van der Waals surface area contributed by atoms with Crippen molar-refractivity contribution in [1.29, 1.82) is 0 Å². The third-order valence-corrected chi connectivity index (χ3v) is 3.44. The Balaban J connectivity index is 2.37. The molecule has 0 aliphatic heterocycles. The van der Waals surface area contributed by atoms with Gasteiger partial charge < -0.3 is 0 Å². The van der Waals surface area contributed by atoms with Crippen molar-refractivity contribution in [1.82, 2.24) is 0 Å². The SMILES string of the molecule is CC1=CC(=O)C(C(C)C)=CC1=NC(=O)c1cccc(C)c1. The van der Waals surface area contributed by atoms with Crippen molar-refractivity contribution in [3.8, 4) is 0 Å². The summed E-state index contributed by atoms with van der Waals surface area (Å²) in [4.78, 5) is 28.3. The summed E-state index contributed by atoms with van der Waals surface area (Å²) >= 11 is 0. The molecule has 0 unspecified atom stereocenters. The first-order chi connectivity index (χ1) is 9.88. The van der Waals surface area contributed by atoms with E-state index in [2.05, 4.69) is 4.99 Å². The molecule has 1 aliphatic carbocycles. The fourth-order valence-electron chi connectivity index (χ4n) is 2.21. The molecule has 3 nitrogen and oxygen atoms in total. The Bertz CT molecular complexity index is 691. The first-order valence-corrected chi connectivity index (χ1v) is 7.02. The molecule has 0 heterocycles. The number of hydrogen-bond donors (Lipinski definition) is 0. The first kappa shape index (κ1) is 15.1. The van der Waals surface area contributed by atoms with Gasteiger partial charge in [-0.3, -0.25) is 9.59 Å². The van der Waals surface area contributed by atoms with Gasteiger partial charge in [0.1, 0.15) is 0 Å². The van der Waals surface area contributed by atoms with E-state index in [-0.39, 0.29) is 17.6 Å². The lowest BCUT2D eigenvalue weighted by molar-refractivity contribution is -0.111. The highest BCUT2D eigenvalue weighted by molar-refractivity contribution is 6.24. The number of carbonyl (C=O) groups excluding carboxylic acids is 2. The standard InChI is InChI=1S/C18H19NO2/c1-11(2)15-10-16(13(4)9-17(15)20)19-18(21)14-7-5-6-12(3)8-14/h5-11H,1-4H3. The molecular weight excluding hydrogens is 262 g/mol. The van der Waals surface area contributed by atoms with E-state index in [4.69, 9.17) is 0 Å². The molecule has 1 aliphatic rings. The van der Waals surface area contributed by atoms with Crippen LogP contribution in [0.15, 0.2) is 52.6 Å². The Morgan fingerprint density at radius 1 is 1.14 bits per heavy atom. The summed E-state index contributed by atoms with van der Waals surface area (Å²) in [6.07, 6.45) is 3.29. The van der Waals surface area contributed by atoms with Crippen LogP contribution in [0, 0.1) is 12.8 Å². The molecule has 0 radical (unpaired) electrons. The highest BCUT2D eigenvalue weighted by Gasteiger charge is 2.19. The number of aliphatic imine (C=N–C) groups is 1. The lowest BCUT2D eigenvalue weighted by Gasteiger charge is -2.15. The predicted octanol–water partition coefficient (Wildman–Crippen LogP) is 3.69. The summed E-state index contributed by atoms with van der Waals surface area (Å²) < 4.78 is 0. The van der Waals surface area contributed by atoms with E-state index in [1.165, 1.54) is 0 Å². The Morgan fingerprint density at radius 3 is 2.48 bits per heavy atom. The van der Waals surface area contributed by atoms with Crippen molar-refractivity contribution in [2.45, 2.75) is 27.7 Å². The van der Waals surface area contributed by atoms with Gasteiger partial charge in [0.2, 0.25) is 0 Å². The molecule has 108 valence electrons. The molecule has 0 bridgehead atoms. The van der Waals surface area contributed by atoms with E-state index in [0.29, 0.717) is 16.8 Å². The molecule has 21 heavy (non-hydrogen) atoms. The number of allylic oxidation sites excluding steroid dienone is 4. The number of aryl methyl sites for hydroxylation is 1. The maximum atomic E-state index is 12.2. The number of nitrogens with zero attached hydrogens (tertiary/aromatic N) is 1. The number of ketones is 1. The minimum absolute atomic E-state index is 0.00412. The van der Waals surface area contributed by atoms with Crippen LogP contribution >= 0.6 is 0 Å². The average molecular weight is 281 g/mol. The fraction of sp³-hybridized carbons (Fsp3) is 0.278. The molecule has 0 saturated carbocycles. The molecule has 0 spiro atoms. The maximum absolute atomic E-state index is 12.2. The van der Waals surface area contributed by atoms with Gasteiger partial charge in [-0.2, -0.15) is 0 Å². The van der Waals surface area contributed by atoms with Crippen LogP contribution in [0.5, 0.6) is 0 Å². The number of benzene rings is 1. The number of amides is 1. The van der Waals surface area contributed by atoms with Crippen LogP contribution in [0.25, 0.3) is 0 Å². The summed E-state index contributed by atoms with van der Waals surface area (Å²) in [6, 6.07) is 7.34. The summed E-state index contributed by atoms with van der Waals surface area (Å²) in [7, 11) is 0. The lowest BCUT2D eigenvalue weighted by atomic mass is 9.90. The quantitative estimate of drug-likeness (QED) is 0.776. The predicted molar refractivity (Wildman–Crippen MR) is 84.6 cm³/mol. The topological polar surface area (TPSA) is 46.5 Å². The number of hydrogen-bond acceptors (Lipinski definition) is 2. The van der Waals surface area contributed by atoms with E-state index < -0.39 is 0 Å². The highest BCUT2D eigenvalue weighted by Crippen LogP contribution is 2.19. The van der Waals surface area contributed by atoms with Crippen LogP contribution in [-0.2, 0) is 4.79 Å². The molecule has 1 aromatic rings. The maximum Gasteiger partial charge on any atom is 0.277 e. The molecular formula is C18H19NO2. The van der Waals surface area contributed by atoms with E-state index in [1.807, 2.05) is 39.0 Å². The smallest absolute Gasteiger partial charge is 0.277 e. The number of rotatable bonds is 2. The van der Waals surface area contributed by atoms with Crippen LogP contribution in [-0.4, -0.2) is 17.4 Å². The van der Waals surface area contributed by atoms with Gasteiger partial charge in [0, 0.05) is 11.1 Å². The Hall–Kier alpha value is -2.29. The van der Waals surface area contributed by atoms with Gasteiger partial charge in [0.15, 0.2) is 5.78 Å². The van der Waals surface area contributed by atoms with Gasteiger partial charge >= 0.3 is 0 Å². The van der Waals surface area contributed by atoms with E-state index >= 15 is 0 Å². The van der Waals surface area contributed by atoms with E-state index in [9.17, 15) is 9.59 Å². The minimum atomic E-state index is -0.282. The van der Waals surface area contributed by atoms with Gasteiger partial charge in [-0.1, -0.05) is 31.5 Å². The van der Waals surface area contributed by atoms with Crippen molar-refractivity contribution in [2.75, 3.05) is 0 Å². The third kappa shape index (κ3) is 3.43. The van der Waals surface area contributed by atoms with Crippen LogP contribution in [0.4, 0.5) is 0 Å². The molecule has 0 N–H and O–H groups in total. The summed E-state index contributed by atoms with van der Waals surface area (Å²) in [5.74, 6) is -0.166. The van der Waals surface area contributed by atoms with Crippen LogP contribution in [0.1, 0.15) is 36.7 Å². The zero-order valence-electron chi connectivity index (χ0n) is 12.8. The van der Waals surface area contributed by atoms with E-state index in [1.54, 1.807) is 25.1 Å². The van der Waals surface area contributed by atoms with Gasteiger partial charge in [0.05, 0.1) is 5.71 Å². The summed E-state index contributed by atoms with van der Waals surface area (Å²) in [5.41, 5.74) is 3.57. The minimum Gasteiger partial charge on any atom is -0.290 e. The zero-order chi connectivity index (χ0) is 15.6. The Morgan fingerprint density at radius 2 is 1.86 bits per heavy atom. The van der Waals surface area contributed by atoms with Gasteiger partial charge in [-0.05, 0) is 49.6 Å². The van der Waals surface area contributed by atoms with Crippen molar-refractivity contribution in [3.05, 3.63) is 58.7 Å². The summed E-state index contributed by atoms with van der Waals surface area (Å²) in [5, 5.41) is 0. The third-order valence-electron chi connectivity index (χ3n) is 3.44. The van der Waals surface area contributed by atoms with Crippen molar-refractivity contribution in [2.24, 2.45) is 10.9 Å². The second-order valence-electron chi connectivity index (χ2n) is 5.62. The molecule has 2 rings (SSSR count). The van der Waals surface area contributed by atoms with E-state index in [0.717, 1.165) is 11.1 Å². The molecule has 0 fully saturated rings. The highest BCUT2D eigenvalue weighted by atomic mass is 16.1. The molecule has 1 amide bonds. The molecule has 1 aromatic carbocycles. The van der Waals surface area contributed by atoms with Crippen LogP contribution in [0.2, 0.25) is 0 Å². The van der Waals surface area contributed by atoms with Crippen molar-refractivity contribution in [3.63, 3.8) is 0 Å². The molecule has 0 atom stereocenters. The van der Waals surface area contributed by atoms with Crippen molar-refractivity contribution < 1.29 is 9.59 Å². The fourth-order valence-corrected chi connectivity index (χ4v) is 2.21. The van der Waals surface area contributed by atoms with Gasteiger partial charge in [0.25, 0.3) is 5.91 Å². The second kappa shape index (κ2) is 6.00.